The van der Waals surface area contributed by atoms with E-state index < -0.39 is 0 Å². The number of anilines is 1. The minimum atomic E-state index is 0.147. The van der Waals surface area contributed by atoms with Gasteiger partial charge in [0.05, 0.1) is 12.1 Å². The highest BCUT2D eigenvalue weighted by molar-refractivity contribution is 7.13. The summed E-state index contributed by atoms with van der Waals surface area (Å²) >= 11 is 1.38. The van der Waals surface area contributed by atoms with E-state index in [1.807, 2.05) is 10.3 Å². The van der Waals surface area contributed by atoms with Crippen LogP contribution in [-0.2, 0) is 11.2 Å². The van der Waals surface area contributed by atoms with Crippen LogP contribution in [0.15, 0.2) is 5.38 Å². The maximum Gasteiger partial charge on any atom is 0.228 e. The van der Waals surface area contributed by atoms with Crippen LogP contribution in [0.2, 0.25) is 0 Å². The van der Waals surface area contributed by atoms with Gasteiger partial charge in [0.25, 0.3) is 0 Å². The van der Waals surface area contributed by atoms with Crippen molar-refractivity contribution in [3.63, 3.8) is 0 Å². The second kappa shape index (κ2) is 6.48. The van der Waals surface area contributed by atoms with Gasteiger partial charge in [-0.05, 0) is 12.8 Å². The van der Waals surface area contributed by atoms with Gasteiger partial charge >= 0.3 is 0 Å². The summed E-state index contributed by atoms with van der Waals surface area (Å²) in [5.41, 5.74) is 6.31. The molecule has 0 aliphatic carbocycles. The van der Waals surface area contributed by atoms with Crippen LogP contribution in [0.5, 0.6) is 0 Å². The molecule has 5 heteroatoms. The first-order chi connectivity index (χ1) is 7.67. The minimum Gasteiger partial charge on any atom is -0.375 e. The topological polar surface area (TPSA) is 59.2 Å². The molecule has 0 atom stereocenters. The van der Waals surface area contributed by atoms with Gasteiger partial charge in [0, 0.05) is 18.5 Å². The van der Waals surface area contributed by atoms with Gasteiger partial charge in [0.2, 0.25) is 5.91 Å². The monoisotopic (exact) mass is 241 g/mol. The number of aromatic nitrogens is 1. The van der Waals surface area contributed by atoms with Gasteiger partial charge in [-0.25, -0.2) is 4.98 Å². The van der Waals surface area contributed by atoms with E-state index in [-0.39, 0.29) is 5.91 Å². The Balaban J connectivity index is 2.54. The van der Waals surface area contributed by atoms with Crippen molar-refractivity contribution in [2.45, 2.75) is 33.1 Å². The van der Waals surface area contributed by atoms with E-state index in [9.17, 15) is 4.79 Å². The van der Waals surface area contributed by atoms with Crippen LogP contribution in [0, 0.1) is 0 Å². The molecule has 1 amide bonds. The molecule has 0 aliphatic heterocycles. The van der Waals surface area contributed by atoms with Gasteiger partial charge in [0.1, 0.15) is 0 Å². The Bertz CT molecular complexity index is 332. The summed E-state index contributed by atoms with van der Waals surface area (Å²) in [5, 5.41) is 2.38. The Kier molecular flexibility index (Phi) is 5.25. The molecule has 0 fully saturated rings. The molecule has 1 heterocycles. The van der Waals surface area contributed by atoms with Crippen LogP contribution in [0.1, 0.15) is 32.4 Å². The number of hydrogen-bond acceptors (Lipinski definition) is 4. The van der Waals surface area contributed by atoms with Gasteiger partial charge < -0.3 is 10.6 Å². The maximum atomic E-state index is 12.0. The fraction of sp³-hybridized carbons (Fsp3) is 0.636. The molecular formula is C11H19N3OS. The van der Waals surface area contributed by atoms with E-state index in [4.69, 9.17) is 5.73 Å². The summed E-state index contributed by atoms with van der Waals surface area (Å²) in [7, 11) is 0. The van der Waals surface area contributed by atoms with Gasteiger partial charge in [-0.3, -0.25) is 4.79 Å². The fourth-order valence-corrected chi connectivity index (χ4v) is 2.13. The molecule has 4 nitrogen and oxygen atoms in total. The lowest BCUT2D eigenvalue weighted by molar-refractivity contribution is -0.130. The Labute approximate surface area is 100 Å². The molecule has 0 aliphatic rings. The van der Waals surface area contributed by atoms with Crippen molar-refractivity contribution in [1.29, 1.82) is 0 Å². The lowest BCUT2D eigenvalue weighted by atomic mass is 10.2. The van der Waals surface area contributed by atoms with Crippen LogP contribution in [0.4, 0.5) is 5.13 Å². The number of nitrogens with zero attached hydrogens (tertiary/aromatic N) is 2. The molecule has 16 heavy (non-hydrogen) atoms. The van der Waals surface area contributed by atoms with Crippen molar-refractivity contribution in [1.82, 2.24) is 9.88 Å². The maximum absolute atomic E-state index is 12.0. The van der Waals surface area contributed by atoms with E-state index in [0.717, 1.165) is 31.6 Å². The van der Waals surface area contributed by atoms with Gasteiger partial charge in [-0.2, -0.15) is 0 Å². The summed E-state index contributed by atoms with van der Waals surface area (Å²) in [4.78, 5) is 18.0. The van der Waals surface area contributed by atoms with Crippen molar-refractivity contribution >= 4 is 22.4 Å². The van der Waals surface area contributed by atoms with Crippen LogP contribution >= 0.6 is 11.3 Å². The zero-order valence-corrected chi connectivity index (χ0v) is 10.7. The normalized spacial score (nSPS) is 10.4. The average Bonchev–Trinajstić information content (AvgIpc) is 2.63. The standard InChI is InChI=1S/C11H19N3OS/c1-3-5-14(6-4-2)10(15)7-9-8-16-11(12)13-9/h8H,3-7H2,1-2H3,(H2,12,13). The summed E-state index contributed by atoms with van der Waals surface area (Å²) in [6.45, 7) is 5.81. The van der Waals surface area contributed by atoms with E-state index >= 15 is 0 Å². The molecule has 0 saturated carbocycles. The quantitative estimate of drug-likeness (QED) is 0.827. The number of thiazole rings is 1. The van der Waals surface area contributed by atoms with Gasteiger partial charge in [0.15, 0.2) is 5.13 Å². The molecule has 0 bridgehead atoms. The van der Waals surface area contributed by atoms with Crippen molar-refractivity contribution in [2.24, 2.45) is 0 Å². The predicted molar refractivity (Wildman–Crippen MR) is 67.4 cm³/mol. The molecule has 0 radical (unpaired) electrons. The minimum absolute atomic E-state index is 0.147. The first-order valence-corrected chi connectivity index (χ1v) is 6.53. The highest BCUT2D eigenvalue weighted by Crippen LogP contribution is 2.12. The van der Waals surface area contributed by atoms with E-state index in [2.05, 4.69) is 18.8 Å². The Morgan fingerprint density at radius 2 is 2.06 bits per heavy atom. The Morgan fingerprint density at radius 1 is 1.44 bits per heavy atom. The number of rotatable bonds is 6. The molecule has 2 N–H and O–H groups in total. The highest BCUT2D eigenvalue weighted by Gasteiger charge is 2.13. The number of carbonyl (C=O) groups is 1. The molecular weight excluding hydrogens is 222 g/mol. The zero-order chi connectivity index (χ0) is 12.0. The SMILES string of the molecule is CCCN(CCC)C(=O)Cc1csc(N)n1. The Morgan fingerprint density at radius 3 is 2.50 bits per heavy atom. The lowest BCUT2D eigenvalue weighted by Crippen LogP contribution is -2.33. The molecule has 0 spiro atoms. The fourth-order valence-electron chi connectivity index (χ4n) is 1.57. The second-order valence-corrected chi connectivity index (χ2v) is 4.62. The number of carbonyl (C=O) groups excluding carboxylic acids is 1. The van der Waals surface area contributed by atoms with E-state index in [1.54, 1.807) is 0 Å². The molecule has 0 saturated heterocycles. The molecule has 0 unspecified atom stereocenters. The number of hydrogen-bond donors (Lipinski definition) is 1. The van der Waals surface area contributed by atoms with Crippen molar-refractivity contribution in [3.05, 3.63) is 11.1 Å². The number of nitrogen functional groups attached to an aromatic ring is 1. The molecule has 1 aromatic heterocycles. The largest absolute Gasteiger partial charge is 0.375 e. The van der Waals surface area contributed by atoms with Crippen molar-refractivity contribution in [3.8, 4) is 0 Å². The first kappa shape index (κ1) is 13.0. The van der Waals surface area contributed by atoms with Crippen LogP contribution < -0.4 is 5.73 Å². The third-order valence-electron chi connectivity index (χ3n) is 2.24. The third-order valence-corrected chi connectivity index (χ3v) is 2.96. The summed E-state index contributed by atoms with van der Waals surface area (Å²) in [6, 6.07) is 0. The number of nitrogens with two attached hydrogens (primary N) is 1. The molecule has 1 rings (SSSR count). The highest BCUT2D eigenvalue weighted by atomic mass is 32.1. The van der Waals surface area contributed by atoms with Crippen molar-refractivity contribution < 1.29 is 4.79 Å². The van der Waals surface area contributed by atoms with Crippen LogP contribution in [-0.4, -0.2) is 28.9 Å². The average molecular weight is 241 g/mol. The third kappa shape index (κ3) is 3.81. The van der Waals surface area contributed by atoms with Gasteiger partial charge in [-0.1, -0.05) is 13.8 Å². The van der Waals surface area contributed by atoms with Gasteiger partial charge in [-0.15, -0.1) is 11.3 Å². The predicted octanol–water partition coefficient (Wildman–Crippen LogP) is 1.92. The number of amides is 1. The molecule has 90 valence electrons. The van der Waals surface area contributed by atoms with Crippen LogP contribution in [0.3, 0.4) is 0 Å². The van der Waals surface area contributed by atoms with Crippen LogP contribution in [0.25, 0.3) is 0 Å². The van der Waals surface area contributed by atoms with Crippen molar-refractivity contribution in [2.75, 3.05) is 18.8 Å². The summed E-state index contributed by atoms with van der Waals surface area (Å²) in [6.07, 6.45) is 2.35. The second-order valence-electron chi connectivity index (χ2n) is 3.73. The lowest BCUT2D eigenvalue weighted by Gasteiger charge is -2.20. The van der Waals surface area contributed by atoms with E-state index in [1.165, 1.54) is 11.3 Å². The first-order valence-electron chi connectivity index (χ1n) is 5.65. The summed E-state index contributed by atoms with van der Waals surface area (Å²) < 4.78 is 0. The van der Waals surface area contributed by atoms with E-state index in [0.29, 0.717) is 11.6 Å². The molecule has 1 aromatic rings. The Hall–Kier alpha value is -1.10. The summed E-state index contributed by atoms with van der Waals surface area (Å²) in [5.74, 6) is 0.147. The smallest absolute Gasteiger partial charge is 0.228 e. The molecule has 0 aromatic carbocycles. The zero-order valence-electron chi connectivity index (χ0n) is 9.90.